The quantitative estimate of drug-likeness (QED) is 0.367. The molecule has 0 radical (unpaired) electrons. The van der Waals surface area contributed by atoms with Gasteiger partial charge in [0.2, 0.25) is 0 Å². The highest BCUT2D eigenvalue weighted by Gasteiger charge is 2.11. The molecule has 0 aliphatic heterocycles. The molecular weight excluding hydrogens is 540 g/mol. The van der Waals surface area contributed by atoms with Crippen LogP contribution >= 0.6 is 0 Å². The van der Waals surface area contributed by atoms with Gasteiger partial charge in [0.05, 0.1) is 52.0 Å². The maximum atomic E-state index is 11.1. The summed E-state index contributed by atoms with van der Waals surface area (Å²) in [5.74, 6) is -0.245. The Bertz CT molecular complexity index is 920. The van der Waals surface area contributed by atoms with Crippen molar-refractivity contribution in [3.63, 3.8) is 0 Å². The van der Waals surface area contributed by atoms with Gasteiger partial charge in [-0.3, -0.25) is 17.3 Å². The number of hydrogen-bond donors (Lipinski definition) is 0. The van der Waals surface area contributed by atoms with E-state index in [1.165, 1.54) is 26.2 Å². The van der Waals surface area contributed by atoms with Crippen molar-refractivity contribution < 1.29 is 52.1 Å². The van der Waals surface area contributed by atoms with Crippen LogP contribution in [0.25, 0.3) is 0 Å². The van der Waals surface area contributed by atoms with Crippen molar-refractivity contribution in [1.82, 2.24) is 0 Å². The van der Waals surface area contributed by atoms with Gasteiger partial charge in [-0.2, -0.15) is 25.3 Å². The van der Waals surface area contributed by atoms with Gasteiger partial charge in [-0.15, -0.1) is 0 Å². The zero-order valence-corrected chi connectivity index (χ0v) is 26.0. The van der Waals surface area contributed by atoms with Crippen LogP contribution in [0.2, 0.25) is 0 Å². The topological polar surface area (TPSA) is 166 Å². The molecule has 0 fully saturated rings. The van der Waals surface area contributed by atoms with Gasteiger partial charge in [0.1, 0.15) is 0 Å². The van der Waals surface area contributed by atoms with E-state index >= 15 is 0 Å². The minimum atomic E-state index is -3.51. The van der Waals surface area contributed by atoms with Crippen molar-refractivity contribution in [2.75, 3.05) is 48.1 Å². The third-order valence-corrected chi connectivity index (χ3v) is 5.39. The number of carbonyl (C=O) groups excluding carboxylic acids is 1. The smallest absolute Gasteiger partial charge is 0.302 e. The summed E-state index contributed by atoms with van der Waals surface area (Å²) in [5.41, 5.74) is 1.02. The monoisotopic (exact) mass is 584 g/mol. The minimum Gasteiger partial charge on any atom is -0.469 e. The van der Waals surface area contributed by atoms with E-state index in [-0.39, 0.29) is 10.9 Å². The normalized spacial score (nSPS) is 10.2. The summed E-state index contributed by atoms with van der Waals surface area (Å²) in [6.45, 7) is 11.3. The van der Waals surface area contributed by atoms with Crippen molar-refractivity contribution >= 4 is 36.3 Å². The molecule has 0 atom stereocenters. The maximum absolute atomic E-state index is 11.1. The van der Waals surface area contributed by atoms with E-state index in [0.29, 0.717) is 6.10 Å². The van der Waals surface area contributed by atoms with Crippen molar-refractivity contribution in [1.29, 1.82) is 0 Å². The standard InChI is InChI=1S/C8H10O3S.C4H10O.C3H6O2.2C2H6O3S.C2H6/c1-7-3-5-8(6-4-7)12(9,10)11-2;1-4(2)5-3;1-3(4)5-2;2*1-5-6(2,3)4;1-2/h3-6H,1-2H3;4H,1-3H3;1-2H3;2*1-2H3;1-2H3. The summed E-state index contributed by atoms with van der Waals surface area (Å²) >= 11 is 0. The zero-order chi connectivity index (χ0) is 30.2. The Morgan fingerprint density at radius 3 is 1.11 bits per heavy atom. The van der Waals surface area contributed by atoms with Gasteiger partial charge >= 0.3 is 5.97 Å². The SMILES string of the molecule is CC.COC(C)=O.COC(C)C.COS(=O)(=O)c1ccc(C)cc1.COS(C)(=O)=O.COS(C)(=O)=O. The van der Waals surface area contributed by atoms with E-state index in [0.717, 1.165) is 39.4 Å². The molecule has 218 valence electrons. The molecule has 1 rings (SSSR count). The highest BCUT2D eigenvalue weighted by Crippen LogP contribution is 2.11. The average molecular weight is 585 g/mol. The molecule has 0 spiro atoms. The van der Waals surface area contributed by atoms with Crippen molar-refractivity contribution in [3.05, 3.63) is 29.8 Å². The number of rotatable bonds is 5. The van der Waals surface area contributed by atoms with Crippen LogP contribution in [0, 0.1) is 6.92 Å². The lowest BCUT2D eigenvalue weighted by Crippen LogP contribution is -2.02. The molecule has 0 aliphatic carbocycles. The minimum absolute atomic E-state index is 0.190. The van der Waals surface area contributed by atoms with Crippen molar-refractivity contribution in [2.45, 2.75) is 52.5 Å². The average Bonchev–Trinajstić information content (AvgIpc) is 2.81. The van der Waals surface area contributed by atoms with Crippen LogP contribution in [-0.4, -0.2) is 85.4 Å². The Hall–Kier alpha value is -1.62. The second-order valence-corrected chi connectivity index (χ2v) is 11.4. The summed E-state index contributed by atoms with van der Waals surface area (Å²) < 4.78 is 82.3. The number of ether oxygens (including phenoxy) is 2. The molecule has 0 N–H and O–H groups in total. The summed E-state index contributed by atoms with van der Waals surface area (Å²) in [6, 6.07) is 6.50. The number of benzene rings is 1. The van der Waals surface area contributed by atoms with Gasteiger partial charge < -0.3 is 9.47 Å². The van der Waals surface area contributed by atoms with E-state index in [1.54, 1.807) is 19.2 Å². The Kier molecular flexibility index (Phi) is 30.9. The van der Waals surface area contributed by atoms with Crippen LogP contribution in [0.1, 0.15) is 40.2 Å². The van der Waals surface area contributed by atoms with Gasteiger partial charge in [0.15, 0.2) is 0 Å². The van der Waals surface area contributed by atoms with Crippen LogP contribution in [0.4, 0.5) is 0 Å². The molecule has 0 aromatic heterocycles. The van der Waals surface area contributed by atoms with Gasteiger partial charge in [0.25, 0.3) is 30.4 Å². The van der Waals surface area contributed by atoms with Gasteiger partial charge in [-0.05, 0) is 32.9 Å². The predicted molar refractivity (Wildman–Crippen MR) is 140 cm³/mol. The Morgan fingerprint density at radius 1 is 0.722 bits per heavy atom. The van der Waals surface area contributed by atoms with E-state index in [9.17, 15) is 30.0 Å². The molecule has 36 heavy (non-hydrogen) atoms. The van der Waals surface area contributed by atoms with E-state index < -0.39 is 30.4 Å². The van der Waals surface area contributed by atoms with Crippen LogP contribution in [0.5, 0.6) is 0 Å². The van der Waals surface area contributed by atoms with Crippen LogP contribution in [0.3, 0.4) is 0 Å². The van der Waals surface area contributed by atoms with Crippen LogP contribution < -0.4 is 0 Å². The Morgan fingerprint density at radius 2 is 0.972 bits per heavy atom. The largest absolute Gasteiger partial charge is 0.469 e. The predicted octanol–water partition coefficient (Wildman–Crippen LogP) is 2.76. The van der Waals surface area contributed by atoms with E-state index in [2.05, 4.69) is 17.3 Å². The first kappa shape index (κ1) is 44.4. The molecule has 12 nitrogen and oxygen atoms in total. The fraction of sp³-hybridized carbons (Fsp3) is 0.667. The highest BCUT2D eigenvalue weighted by molar-refractivity contribution is 7.86. The molecule has 1 aromatic rings. The number of esters is 1. The van der Waals surface area contributed by atoms with Gasteiger partial charge in [-0.1, -0.05) is 31.5 Å². The molecule has 0 saturated carbocycles. The first-order chi connectivity index (χ1) is 16.2. The summed E-state index contributed by atoms with van der Waals surface area (Å²) in [5, 5.41) is 0. The highest BCUT2D eigenvalue weighted by atomic mass is 32.2. The summed E-state index contributed by atoms with van der Waals surface area (Å²) in [7, 11) is -3.40. The molecule has 1 aromatic carbocycles. The fourth-order valence-corrected chi connectivity index (χ4v) is 1.46. The van der Waals surface area contributed by atoms with Gasteiger partial charge in [-0.25, -0.2) is 0 Å². The summed E-state index contributed by atoms with van der Waals surface area (Å²) in [6.07, 6.45) is 2.37. The summed E-state index contributed by atoms with van der Waals surface area (Å²) in [4.78, 5) is 9.78. The number of carbonyl (C=O) groups is 1. The molecule has 0 aliphatic rings. The van der Waals surface area contributed by atoms with E-state index in [1.807, 2.05) is 34.6 Å². The Labute approximate surface area is 218 Å². The lowest BCUT2D eigenvalue weighted by Gasteiger charge is -2.00. The van der Waals surface area contributed by atoms with Crippen molar-refractivity contribution in [3.8, 4) is 0 Å². The fourth-order valence-electron chi connectivity index (χ4n) is 0.801. The second-order valence-electron chi connectivity index (χ2n) is 6.16. The molecule has 0 amide bonds. The van der Waals surface area contributed by atoms with Crippen molar-refractivity contribution in [2.24, 2.45) is 0 Å². The third-order valence-electron chi connectivity index (χ3n) is 2.89. The maximum Gasteiger partial charge on any atom is 0.302 e. The second kappa shape index (κ2) is 25.0. The number of hydrogen-bond acceptors (Lipinski definition) is 12. The molecule has 0 unspecified atom stereocenters. The van der Waals surface area contributed by atoms with E-state index in [4.69, 9.17) is 4.74 Å². The molecular formula is C21H44O12S3. The number of methoxy groups -OCH3 is 2. The molecule has 0 heterocycles. The lowest BCUT2D eigenvalue weighted by atomic mass is 10.2. The molecule has 15 heteroatoms. The zero-order valence-electron chi connectivity index (χ0n) is 23.5. The third kappa shape index (κ3) is 42.5. The lowest BCUT2D eigenvalue weighted by molar-refractivity contribution is -0.137. The van der Waals surface area contributed by atoms with Gasteiger partial charge in [0, 0.05) is 14.0 Å². The number of aryl methyl sites for hydroxylation is 1. The van der Waals surface area contributed by atoms with Crippen LogP contribution in [0.15, 0.2) is 29.2 Å². The molecule has 0 bridgehead atoms. The van der Waals surface area contributed by atoms with Crippen LogP contribution in [-0.2, 0) is 57.2 Å². The molecule has 0 saturated heterocycles. The Balaban J connectivity index is -0.000000116. The first-order valence-corrected chi connectivity index (χ1v) is 15.2. The first-order valence-electron chi connectivity index (χ1n) is 10.2.